The summed E-state index contributed by atoms with van der Waals surface area (Å²) in [7, 11) is 1.77. The number of carbonyl (C=O) groups excluding carboxylic acids is 1. The van der Waals surface area contributed by atoms with Gasteiger partial charge in [-0.25, -0.2) is 9.67 Å². The Labute approximate surface area is 146 Å². The second-order valence-electron chi connectivity index (χ2n) is 5.60. The van der Waals surface area contributed by atoms with Crippen molar-refractivity contribution in [3.8, 4) is 5.82 Å². The molecule has 0 amide bonds. The molecule has 0 bridgehead atoms. The Morgan fingerprint density at radius 1 is 1.15 bits per heavy atom. The Bertz CT molecular complexity index is 967. The van der Waals surface area contributed by atoms with Crippen molar-refractivity contribution in [3.63, 3.8) is 0 Å². The topological polar surface area (TPSA) is 65.6 Å². The van der Waals surface area contributed by atoms with Gasteiger partial charge in [-0.3, -0.25) is 9.48 Å². The lowest BCUT2D eigenvalue weighted by atomic mass is 10.1. The lowest BCUT2D eigenvalue weighted by molar-refractivity contribution is -0.137. The third-order valence-electron chi connectivity index (χ3n) is 3.72. The average molecular weight is 361 g/mol. The van der Waals surface area contributed by atoms with Crippen LogP contribution < -0.4 is 0 Å². The number of hydrogen-bond acceptors (Lipinski definition) is 4. The van der Waals surface area contributed by atoms with Gasteiger partial charge in [0.05, 0.1) is 29.2 Å². The predicted molar refractivity (Wildman–Crippen MR) is 87.7 cm³/mol. The summed E-state index contributed by atoms with van der Waals surface area (Å²) >= 11 is 0. The summed E-state index contributed by atoms with van der Waals surface area (Å²) in [5.41, 5.74) is 0.752. The highest BCUT2D eigenvalue weighted by atomic mass is 19.4. The third kappa shape index (κ3) is 3.56. The Kier molecular flexibility index (Phi) is 4.45. The van der Waals surface area contributed by atoms with Gasteiger partial charge in [0.2, 0.25) is 0 Å². The van der Waals surface area contributed by atoms with E-state index >= 15 is 0 Å². The molecular formula is C17H14F3N5O. The normalized spacial score (nSPS) is 12.0. The van der Waals surface area contributed by atoms with Gasteiger partial charge in [-0.05, 0) is 31.2 Å². The maximum Gasteiger partial charge on any atom is 0.417 e. The zero-order chi connectivity index (χ0) is 18.9. The number of aromatic nitrogens is 5. The van der Waals surface area contributed by atoms with E-state index < -0.39 is 11.7 Å². The summed E-state index contributed by atoms with van der Waals surface area (Å²) in [6.07, 6.45) is 4.04. The quantitative estimate of drug-likeness (QED) is 0.529. The summed E-state index contributed by atoms with van der Waals surface area (Å²) in [5.74, 6) is -0.0738. The molecule has 0 spiro atoms. The van der Waals surface area contributed by atoms with E-state index in [1.54, 1.807) is 37.1 Å². The minimum absolute atomic E-state index is 0.200. The monoisotopic (exact) mass is 361 g/mol. The van der Waals surface area contributed by atoms with Crippen LogP contribution in [0.3, 0.4) is 0 Å². The molecule has 3 heterocycles. The van der Waals surface area contributed by atoms with Gasteiger partial charge in [-0.1, -0.05) is 0 Å². The highest BCUT2D eigenvalue weighted by molar-refractivity contribution is 6.07. The molecule has 3 aromatic rings. The Balaban J connectivity index is 1.83. The van der Waals surface area contributed by atoms with Crippen LogP contribution in [0.4, 0.5) is 13.2 Å². The zero-order valence-corrected chi connectivity index (χ0v) is 13.9. The number of ketones is 1. The van der Waals surface area contributed by atoms with E-state index in [1.807, 2.05) is 0 Å². The van der Waals surface area contributed by atoms with Crippen LogP contribution in [0.15, 0.2) is 43.0 Å². The van der Waals surface area contributed by atoms with Gasteiger partial charge in [0.15, 0.2) is 11.6 Å². The highest BCUT2D eigenvalue weighted by Gasteiger charge is 2.30. The molecule has 0 saturated carbocycles. The Morgan fingerprint density at radius 3 is 2.50 bits per heavy atom. The number of carbonyl (C=O) groups is 1. The lowest BCUT2D eigenvalue weighted by Crippen LogP contribution is -2.08. The summed E-state index contributed by atoms with van der Waals surface area (Å²) in [5, 5.41) is 8.06. The minimum Gasteiger partial charge on any atom is -0.289 e. The van der Waals surface area contributed by atoms with Crippen LogP contribution in [-0.4, -0.2) is 30.3 Å². The number of halogens is 3. The maximum absolute atomic E-state index is 12.6. The van der Waals surface area contributed by atoms with Gasteiger partial charge >= 0.3 is 6.18 Å². The number of pyridine rings is 1. The number of rotatable bonds is 4. The molecule has 0 N–H and O–H groups in total. The molecular weight excluding hydrogens is 347 g/mol. The van der Waals surface area contributed by atoms with Crippen LogP contribution in [-0.2, 0) is 13.2 Å². The van der Waals surface area contributed by atoms with Crippen molar-refractivity contribution in [2.45, 2.75) is 13.1 Å². The molecule has 9 heteroatoms. The lowest BCUT2D eigenvalue weighted by Gasteiger charge is -2.08. The molecule has 6 nitrogen and oxygen atoms in total. The molecule has 0 aromatic carbocycles. The van der Waals surface area contributed by atoms with Gasteiger partial charge < -0.3 is 0 Å². The summed E-state index contributed by atoms with van der Waals surface area (Å²) < 4.78 is 40.8. The first-order chi connectivity index (χ1) is 12.3. The van der Waals surface area contributed by atoms with Gasteiger partial charge in [0, 0.05) is 25.0 Å². The minimum atomic E-state index is -4.46. The van der Waals surface area contributed by atoms with E-state index in [0.29, 0.717) is 11.3 Å². The SMILES string of the molecule is Cc1c(C(=O)C=Cc2cnn(C)c2)cnn1-c1ccc(C(F)(F)F)cn1. The van der Waals surface area contributed by atoms with Crippen molar-refractivity contribution in [2.24, 2.45) is 7.05 Å². The average Bonchev–Trinajstić information content (AvgIpc) is 3.18. The fraction of sp³-hybridized carbons (Fsp3) is 0.176. The number of alkyl halides is 3. The van der Waals surface area contributed by atoms with Crippen LogP contribution >= 0.6 is 0 Å². The number of nitrogens with zero attached hydrogens (tertiary/aromatic N) is 5. The largest absolute Gasteiger partial charge is 0.417 e. The third-order valence-corrected chi connectivity index (χ3v) is 3.72. The molecule has 3 aromatic heterocycles. The van der Waals surface area contributed by atoms with E-state index in [1.165, 1.54) is 23.0 Å². The second kappa shape index (κ2) is 6.58. The molecule has 0 unspecified atom stereocenters. The molecule has 134 valence electrons. The van der Waals surface area contributed by atoms with Crippen LogP contribution in [0.2, 0.25) is 0 Å². The highest BCUT2D eigenvalue weighted by Crippen LogP contribution is 2.28. The first-order valence-corrected chi connectivity index (χ1v) is 7.55. The van der Waals surface area contributed by atoms with E-state index in [-0.39, 0.29) is 11.6 Å². The number of hydrogen-bond donors (Lipinski definition) is 0. The van der Waals surface area contributed by atoms with Crippen molar-refractivity contribution < 1.29 is 18.0 Å². The molecule has 3 rings (SSSR count). The predicted octanol–water partition coefficient (Wildman–Crippen LogP) is 3.22. The second-order valence-corrected chi connectivity index (χ2v) is 5.60. The number of allylic oxidation sites excluding steroid dienone is 1. The molecule has 0 aliphatic heterocycles. The molecule has 0 atom stereocenters. The van der Waals surface area contributed by atoms with E-state index in [2.05, 4.69) is 15.2 Å². The Hall–Kier alpha value is -3.23. The van der Waals surface area contributed by atoms with Crippen LogP contribution in [0.25, 0.3) is 11.9 Å². The fourth-order valence-corrected chi connectivity index (χ4v) is 2.35. The number of aryl methyl sites for hydroxylation is 1. The summed E-state index contributed by atoms with van der Waals surface area (Å²) in [6.45, 7) is 1.65. The van der Waals surface area contributed by atoms with Gasteiger partial charge in [0.1, 0.15) is 0 Å². The van der Waals surface area contributed by atoms with Gasteiger partial charge in [-0.15, -0.1) is 0 Å². The molecule has 0 radical (unpaired) electrons. The molecule has 0 aliphatic rings. The first-order valence-electron chi connectivity index (χ1n) is 7.55. The van der Waals surface area contributed by atoms with Crippen molar-refractivity contribution in [3.05, 3.63) is 65.4 Å². The van der Waals surface area contributed by atoms with Crippen molar-refractivity contribution in [1.82, 2.24) is 24.5 Å². The molecule has 0 fully saturated rings. The smallest absolute Gasteiger partial charge is 0.289 e. The van der Waals surface area contributed by atoms with Crippen LogP contribution in [0, 0.1) is 6.92 Å². The first kappa shape index (κ1) is 17.6. The van der Waals surface area contributed by atoms with Crippen molar-refractivity contribution >= 4 is 11.9 Å². The van der Waals surface area contributed by atoms with Gasteiger partial charge in [-0.2, -0.15) is 23.4 Å². The zero-order valence-electron chi connectivity index (χ0n) is 13.9. The van der Waals surface area contributed by atoms with E-state index in [0.717, 1.165) is 17.8 Å². The summed E-state index contributed by atoms with van der Waals surface area (Å²) in [6, 6.07) is 2.13. The standard InChI is InChI=1S/C17H14F3N5O/c1-11-14(15(26)5-3-12-7-22-24(2)10-12)9-23-25(11)16-6-4-13(8-21-16)17(18,19)20/h3-10H,1-2H3. The Morgan fingerprint density at radius 2 is 1.92 bits per heavy atom. The van der Waals surface area contributed by atoms with Crippen LogP contribution in [0.5, 0.6) is 0 Å². The summed E-state index contributed by atoms with van der Waals surface area (Å²) in [4.78, 5) is 16.1. The van der Waals surface area contributed by atoms with E-state index in [9.17, 15) is 18.0 Å². The maximum atomic E-state index is 12.6. The van der Waals surface area contributed by atoms with Gasteiger partial charge in [0.25, 0.3) is 0 Å². The molecule has 0 aliphatic carbocycles. The van der Waals surface area contributed by atoms with Crippen molar-refractivity contribution in [2.75, 3.05) is 0 Å². The van der Waals surface area contributed by atoms with Crippen molar-refractivity contribution in [1.29, 1.82) is 0 Å². The molecule has 0 saturated heterocycles. The molecule has 26 heavy (non-hydrogen) atoms. The van der Waals surface area contributed by atoms with E-state index in [4.69, 9.17) is 0 Å². The van der Waals surface area contributed by atoms with Crippen LogP contribution in [0.1, 0.15) is 27.2 Å². The fourth-order valence-electron chi connectivity index (χ4n) is 2.35.